The Balaban J connectivity index is 2.09. The zero-order valence-corrected chi connectivity index (χ0v) is 10.3. The van der Waals surface area contributed by atoms with Crippen LogP contribution in [0.1, 0.15) is 12.8 Å². The molecule has 16 heavy (non-hydrogen) atoms. The molecular formula is C10H20N2O3S. The van der Waals surface area contributed by atoms with E-state index in [9.17, 15) is 8.42 Å². The first-order valence-electron chi connectivity index (χ1n) is 5.54. The Hall–Kier alpha value is -0.430. The molecule has 2 N–H and O–H groups in total. The maximum atomic E-state index is 11.2. The van der Waals surface area contributed by atoms with E-state index in [1.807, 2.05) is 0 Å². The summed E-state index contributed by atoms with van der Waals surface area (Å²) in [5.74, 6) is -0.0413. The predicted molar refractivity (Wildman–Crippen MR) is 63.8 cm³/mol. The van der Waals surface area contributed by atoms with Crippen LogP contribution in [0.4, 0.5) is 0 Å². The van der Waals surface area contributed by atoms with Crippen molar-refractivity contribution in [3.8, 4) is 0 Å². The van der Waals surface area contributed by atoms with E-state index in [1.165, 1.54) is 6.08 Å². The topological polar surface area (TPSA) is 67.4 Å². The van der Waals surface area contributed by atoms with Crippen molar-refractivity contribution >= 4 is 10.0 Å². The first-order chi connectivity index (χ1) is 7.64. The fourth-order valence-corrected chi connectivity index (χ4v) is 2.42. The maximum absolute atomic E-state index is 11.2. The minimum absolute atomic E-state index is 0.0413. The Morgan fingerprint density at radius 2 is 2.12 bits per heavy atom. The largest absolute Gasteiger partial charge is 0.377 e. The molecule has 1 heterocycles. The minimum Gasteiger partial charge on any atom is -0.377 e. The number of nitrogens with one attached hydrogen (secondary N) is 2. The van der Waals surface area contributed by atoms with Gasteiger partial charge < -0.3 is 10.1 Å². The van der Waals surface area contributed by atoms with E-state index in [0.29, 0.717) is 13.2 Å². The van der Waals surface area contributed by atoms with Crippen molar-refractivity contribution < 1.29 is 13.2 Å². The summed E-state index contributed by atoms with van der Waals surface area (Å²) >= 11 is 0. The molecule has 1 rings (SSSR count). The van der Waals surface area contributed by atoms with E-state index in [4.69, 9.17) is 4.74 Å². The molecule has 6 heteroatoms. The number of hydrogen-bond donors (Lipinski definition) is 2. The second-order valence-electron chi connectivity index (χ2n) is 3.78. The predicted octanol–water partition coefficient (Wildman–Crippen LogP) is -0.140. The van der Waals surface area contributed by atoms with E-state index < -0.39 is 10.0 Å². The Bertz CT molecular complexity index is 297. The minimum atomic E-state index is -3.20. The molecule has 1 aliphatic rings. The highest BCUT2D eigenvalue weighted by Crippen LogP contribution is 2.06. The van der Waals surface area contributed by atoms with Gasteiger partial charge in [-0.25, -0.2) is 13.1 Å². The summed E-state index contributed by atoms with van der Waals surface area (Å²) < 4.78 is 30.5. The highest BCUT2D eigenvalue weighted by Gasteiger charge is 2.13. The molecule has 1 saturated heterocycles. The van der Waals surface area contributed by atoms with Gasteiger partial charge >= 0.3 is 0 Å². The molecule has 0 spiro atoms. The Labute approximate surface area is 97.3 Å². The number of hydrogen-bond acceptors (Lipinski definition) is 4. The summed E-state index contributed by atoms with van der Waals surface area (Å²) in [6.45, 7) is 6.11. The van der Waals surface area contributed by atoms with Gasteiger partial charge in [0, 0.05) is 6.54 Å². The first-order valence-corrected chi connectivity index (χ1v) is 7.20. The lowest BCUT2D eigenvalue weighted by Crippen LogP contribution is -2.35. The van der Waals surface area contributed by atoms with Gasteiger partial charge in [0.25, 0.3) is 0 Å². The van der Waals surface area contributed by atoms with Crippen LogP contribution in [-0.2, 0) is 14.8 Å². The Morgan fingerprint density at radius 3 is 2.75 bits per heavy atom. The summed E-state index contributed by atoms with van der Waals surface area (Å²) in [6.07, 6.45) is 3.64. The van der Waals surface area contributed by atoms with Gasteiger partial charge in [0.05, 0.1) is 18.5 Å². The number of piperidine rings is 1. The van der Waals surface area contributed by atoms with E-state index >= 15 is 0 Å². The van der Waals surface area contributed by atoms with Gasteiger partial charge in [0.2, 0.25) is 10.0 Å². The van der Waals surface area contributed by atoms with Crippen molar-refractivity contribution in [1.82, 2.24) is 10.0 Å². The van der Waals surface area contributed by atoms with Gasteiger partial charge in [0.1, 0.15) is 0 Å². The molecule has 0 unspecified atom stereocenters. The molecule has 0 radical (unpaired) electrons. The highest BCUT2D eigenvalue weighted by atomic mass is 32.2. The van der Waals surface area contributed by atoms with Crippen LogP contribution in [0.25, 0.3) is 0 Å². The summed E-state index contributed by atoms with van der Waals surface area (Å²) in [5, 5.41) is 3.24. The van der Waals surface area contributed by atoms with Gasteiger partial charge in [-0.3, -0.25) is 0 Å². The molecule has 0 bridgehead atoms. The van der Waals surface area contributed by atoms with E-state index in [-0.39, 0.29) is 11.9 Å². The highest BCUT2D eigenvalue weighted by molar-refractivity contribution is 7.89. The van der Waals surface area contributed by atoms with Crippen molar-refractivity contribution in [2.24, 2.45) is 0 Å². The zero-order valence-electron chi connectivity index (χ0n) is 9.44. The molecule has 94 valence electrons. The molecule has 0 aromatic heterocycles. The van der Waals surface area contributed by atoms with Crippen LogP contribution in [0, 0.1) is 0 Å². The van der Waals surface area contributed by atoms with Crippen molar-refractivity contribution in [2.75, 3.05) is 32.0 Å². The van der Waals surface area contributed by atoms with Gasteiger partial charge in [-0.15, -0.1) is 6.58 Å². The standard InChI is InChI=1S/C10H20N2O3S/c1-2-9-16(13,14)12-7-8-15-10-3-5-11-6-4-10/h2,10-12H,1,3-9H2. The lowest BCUT2D eigenvalue weighted by atomic mass is 10.1. The second kappa shape index (κ2) is 7.01. The number of sulfonamides is 1. The third-order valence-electron chi connectivity index (χ3n) is 2.40. The fourth-order valence-electron chi connectivity index (χ4n) is 1.60. The second-order valence-corrected chi connectivity index (χ2v) is 5.64. The quantitative estimate of drug-likeness (QED) is 0.486. The molecule has 0 aromatic carbocycles. The molecule has 5 nitrogen and oxygen atoms in total. The van der Waals surface area contributed by atoms with Crippen LogP contribution in [0.5, 0.6) is 0 Å². The first kappa shape index (κ1) is 13.6. The van der Waals surface area contributed by atoms with Crippen LogP contribution in [0.15, 0.2) is 12.7 Å². The third kappa shape index (κ3) is 5.60. The van der Waals surface area contributed by atoms with Gasteiger partial charge in [-0.05, 0) is 25.9 Å². The lowest BCUT2D eigenvalue weighted by Gasteiger charge is -2.22. The molecule has 1 fully saturated rings. The van der Waals surface area contributed by atoms with E-state index in [0.717, 1.165) is 25.9 Å². The summed E-state index contributed by atoms with van der Waals surface area (Å²) in [5.41, 5.74) is 0. The van der Waals surface area contributed by atoms with Crippen LogP contribution in [0.3, 0.4) is 0 Å². The van der Waals surface area contributed by atoms with Crippen molar-refractivity contribution in [2.45, 2.75) is 18.9 Å². The molecule has 0 aromatic rings. The molecule has 0 amide bonds. The van der Waals surface area contributed by atoms with Crippen LogP contribution >= 0.6 is 0 Å². The molecular weight excluding hydrogens is 228 g/mol. The zero-order chi connectivity index (χ0) is 11.9. The Kier molecular flexibility index (Phi) is 5.97. The maximum Gasteiger partial charge on any atom is 0.215 e. The molecule has 0 aliphatic carbocycles. The normalized spacial score (nSPS) is 18.5. The Morgan fingerprint density at radius 1 is 1.44 bits per heavy atom. The van der Waals surface area contributed by atoms with Crippen molar-refractivity contribution in [3.63, 3.8) is 0 Å². The third-order valence-corrected chi connectivity index (χ3v) is 3.72. The smallest absolute Gasteiger partial charge is 0.215 e. The molecule has 0 saturated carbocycles. The SMILES string of the molecule is C=CCS(=O)(=O)NCCOC1CCNCC1. The van der Waals surface area contributed by atoms with Crippen LogP contribution in [0.2, 0.25) is 0 Å². The summed E-state index contributed by atoms with van der Waals surface area (Å²) in [7, 11) is -3.20. The summed E-state index contributed by atoms with van der Waals surface area (Å²) in [4.78, 5) is 0. The number of ether oxygens (including phenoxy) is 1. The van der Waals surface area contributed by atoms with Gasteiger partial charge in [-0.1, -0.05) is 6.08 Å². The molecule has 0 atom stereocenters. The van der Waals surface area contributed by atoms with Crippen LogP contribution < -0.4 is 10.0 Å². The van der Waals surface area contributed by atoms with Crippen LogP contribution in [-0.4, -0.2) is 46.5 Å². The average Bonchev–Trinajstić information content (AvgIpc) is 2.26. The molecule has 1 aliphatic heterocycles. The lowest BCUT2D eigenvalue weighted by molar-refractivity contribution is 0.0367. The van der Waals surface area contributed by atoms with Gasteiger partial charge in [-0.2, -0.15) is 0 Å². The summed E-state index contributed by atoms with van der Waals surface area (Å²) in [6, 6.07) is 0. The van der Waals surface area contributed by atoms with Gasteiger partial charge in [0.15, 0.2) is 0 Å². The number of rotatable bonds is 7. The van der Waals surface area contributed by atoms with Crippen molar-refractivity contribution in [1.29, 1.82) is 0 Å². The van der Waals surface area contributed by atoms with E-state index in [2.05, 4.69) is 16.6 Å². The monoisotopic (exact) mass is 248 g/mol. The fraction of sp³-hybridized carbons (Fsp3) is 0.800. The van der Waals surface area contributed by atoms with Crippen molar-refractivity contribution in [3.05, 3.63) is 12.7 Å². The van der Waals surface area contributed by atoms with E-state index in [1.54, 1.807) is 0 Å². The average molecular weight is 248 g/mol.